The van der Waals surface area contributed by atoms with Crippen LogP contribution in [0.5, 0.6) is 0 Å². The highest BCUT2D eigenvalue weighted by Crippen LogP contribution is 2.39. The predicted molar refractivity (Wildman–Crippen MR) is 86.2 cm³/mol. The first-order valence-corrected chi connectivity index (χ1v) is 7.34. The zero-order valence-corrected chi connectivity index (χ0v) is 12.5. The fraction of sp³-hybridized carbons (Fsp3) is 0.167. The second-order valence-corrected chi connectivity index (χ2v) is 5.58. The molecular formula is C18H16ClNO. The molecule has 0 aliphatic heterocycles. The quantitative estimate of drug-likeness (QED) is 0.927. The summed E-state index contributed by atoms with van der Waals surface area (Å²) in [6.07, 6.45) is 0.710. The third kappa shape index (κ3) is 2.59. The summed E-state index contributed by atoms with van der Waals surface area (Å²) in [5, 5.41) is 3.82. The summed E-state index contributed by atoms with van der Waals surface area (Å²) in [4.78, 5) is 12.8. The number of benzene rings is 2. The van der Waals surface area contributed by atoms with Gasteiger partial charge in [-0.25, -0.2) is 0 Å². The second kappa shape index (κ2) is 5.74. The third-order valence-corrected chi connectivity index (χ3v) is 4.13. The summed E-state index contributed by atoms with van der Waals surface area (Å²) in [5.74, 6) is 0.0513. The number of rotatable bonds is 3. The van der Waals surface area contributed by atoms with E-state index >= 15 is 0 Å². The highest BCUT2D eigenvalue weighted by molar-refractivity contribution is 6.32. The maximum Gasteiger partial charge on any atom is 0.173 e. The van der Waals surface area contributed by atoms with E-state index in [0.717, 1.165) is 22.4 Å². The third-order valence-electron chi connectivity index (χ3n) is 3.89. The SMILES string of the molecule is CNC1=C(c2cccc(Cl)c2)C(=O)C(c2ccccc2)C1. The van der Waals surface area contributed by atoms with Crippen molar-refractivity contribution in [2.24, 2.45) is 0 Å². The van der Waals surface area contributed by atoms with Gasteiger partial charge in [0.15, 0.2) is 5.78 Å². The lowest BCUT2D eigenvalue weighted by Gasteiger charge is -2.09. The minimum absolute atomic E-state index is 0.109. The fourth-order valence-electron chi connectivity index (χ4n) is 2.86. The highest BCUT2D eigenvalue weighted by Gasteiger charge is 2.34. The van der Waals surface area contributed by atoms with Crippen LogP contribution in [0.15, 0.2) is 60.3 Å². The van der Waals surface area contributed by atoms with Crippen molar-refractivity contribution in [2.45, 2.75) is 12.3 Å². The monoisotopic (exact) mass is 297 g/mol. The molecule has 1 aliphatic carbocycles. The van der Waals surface area contributed by atoms with Crippen molar-refractivity contribution in [2.75, 3.05) is 7.05 Å². The van der Waals surface area contributed by atoms with Gasteiger partial charge in [-0.2, -0.15) is 0 Å². The molecule has 0 spiro atoms. The van der Waals surface area contributed by atoms with Crippen molar-refractivity contribution in [3.8, 4) is 0 Å². The predicted octanol–water partition coefficient (Wildman–Crippen LogP) is 4.03. The van der Waals surface area contributed by atoms with Gasteiger partial charge in [-0.15, -0.1) is 0 Å². The van der Waals surface area contributed by atoms with E-state index in [2.05, 4.69) is 5.32 Å². The van der Waals surface area contributed by atoms with Crippen molar-refractivity contribution < 1.29 is 4.79 Å². The van der Waals surface area contributed by atoms with E-state index in [9.17, 15) is 4.79 Å². The number of Topliss-reactive ketones (excluding diaryl/α,β-unsaturated/α-hetero) is 1. The molecule has 2 nitrogen and oxygen atoms in total. The van der Waals surface area contributed by atoms with Gasteiger partial charge in [-0.05, 0) is 23.3 Å². The molecule has 3 heteroatoms. The first kappa shape index (κ1) is 13.9. The Morgan fingerprint density at radius 2 is 1.86 bits per heavy atom. The van der Waals surface area contributed by atoms with Gasteiger partial charge in [0.2, 0.25) is 0 Å². The standard InChI is InChI=1S/C18H16ClNO/c1-20-16-11-15(12-6-3-2-4-7-12)18(21)17(16)13-8-5-9-14(19)10-13/h2-10,15,20H,11H2,1H3. The Labute approximate surface area is 129 Å². The lowest BCUT2D eigenvalue weighted by atomic mass is 9.93. The summed E-state index contributed by atoms with van der Waals surface area (Å²) >= 11 is 6.06. The first-order chi connectivity index (χ1) is 10.2. The van der Waals surface area contributed by atoms with Crippen LogP contribution in [-0.2, 0) is 4.79 Å². The maximum atomic E-state index is 12.8. The van der Waals surface area contributed by atoms with Gasteiger partial charge in [0, 0.05) is 29.8 Å². The molecule has 0 saturated heterocycles. The summed E-state index contributed by atoms with van der Waals surface area (Å²) in [7, 11) is 1.86. The normalized spacial score (nSPS) is 18.2. The van der Waals surface area contributed by atoms with Crippen LogP contribution >= 0.6 is 11.6 Å². The van der Waals surface area contributed by atoms with E-state index in [4.69, 9.17) is 11.6 Å². The molecule has 3 rings (SSSR count). The second-order valence-electron chi connectivity index (χ2n) is 5.15. The van der Waals surface area contributed by atoms with Crippen molar-refractivity contribution in [3.05, 3.63) is 76.4 Å². The summed E-state index contributed by atoms with van der Waals surface area (Å²) in [6.45, 7) is 0. The molecule has 1 aliphatic rings. The van der Waals surface area contributed by atoms with Crippen LogP contribution in [0.2, 0.25) is 5.02 Å². The van der Waals surface area contributed by atoms with Crippen molar-refractivity contribution in [1.29, 1.82) is 0 Å². The Morgan fingerprint density at radius 3 is 2.52 bits per heavy atom. The largest absolute Gasteiger partial charge is 0.391 e. The molecule has 1 atom stereocenters. The number of allylic oxidation sites excluding steroid dienone is 2. The minimum Gasteiger partial charge on any atom is -0.391 e. The molecule has 0 heterocycles. The molecule has 0 radical (unpaired) electrons. The van der Waals surface area contributed by atoms with Crippen LogP contribution < -0.4 is 5.32 Å². The van der Waals surface area contributed by atoms with Crippen LogP contribution in [0.4, 0.5) is 0 Å². The topological polar surface area (TPSA) is 29.1 Å². The van der Waals surface area contributed by atoms with E-state index in [-0.39, 0.29) is 11.7 Å². The lowest BCUT2D eigenvalue weighted by molar-refractivity contribution is -0.114. The Hall–Kier alpha value is -2.06. The van der Waals surface area contributed by atoms with E-state index in [1.165, 1.54) is 0 Å². The van der Waals surface area contributed by atoms with E-state index < -0.39 is 0 Å². The zero-order chi connectivity index (χ0) is 14.8. The van der Waals surface area contributed by atoms with Crippen molar-refractivity contribution in [3.63, 3.8) is 0 Å². The Bertz CT molecular complexity index is 706. The molecule has 2 aromatic carbocycles. The summed E-state index contributed by atoms with van der Waals surface area (Å²) in [5.41, 5.74) is 3.69. The Kier molecular flexibility index (Phi) is 3.80. The van der Waals surface area contributed by atoms with E-state index in [0.29, 0.717) is 11.4 Å². The van der Waals surface area contributed by atoms with Gasteiger partial charge < -0.3 is 5.32 Å². The molecule has 21 heavy (non-hydrogen) atoms. The lowest BCUT2D eigenvalue weighted by Crippen LogP contribution is -2.07. The Morgan fingerprint density at radius 1 is 1.10 bits per heavy atom. The number of nitrogens with one attached hydrogen (secondary N) is 1. The fourth-order valence-corrected chi connectivity index (χ4v) is 3.05. The number of carbonyl (C=O) groups excluding carboxylic acids is 1. The zero-order valence-electron chi connectivity index (χ0n) is 11.8. The summed E-state index contributed by atoms with van der Waals surface area (Å²) < 4.78 is 0. The van der Waals surface area contributed by atoms with Crippen LogP contribution in [-0.4, -0.2) is 12.8 Å². The van der Waals surface area contributed by atoms with Gasteiger partial charge in [0.1, 0.15) is 0 Å². The van der Waals surface area contributed by atoms with Gasteiger partial charge in [0.05, 0.1) is 5.92 Å². The van der Waals surface area contributed by atoms with Crippen molar-refractivity contribution >= 4 is 23.0 Å². The average molecular weight is 298 g/mol. The van der Waals surface area contributed by atoms with E-state index in [1.807, 2.05) is 61.6 Å². The molecule has 0 saturated carbocycles. The van der Waals surface area contributed by atoms with Gasteiger partial charge in [-0.3, -0.25) is 4.79 Å². The molecule has 106 valence electrons. The first-order valence-electron chi connectivity index (χ1n) is 6.96. The van der Waals surface area contributed by atoms with Crippen molar-refractivity contribution in [1.82, 2.24) is 5.32 Å². The minimum atomic E-state index is -0.109. The number of hydrogen-bond donors (Lipinski definition) is 1. The van der Waals surface area contributed by atoms with Crippen LogP contribution in [0.1, 0.15) is 23.5 Å². The molecular weight excluding hydrogens is 282 g/mol. The molecule has 0 fully saturated rings. The van der Waals surface area contributed by atoms with Gasteiger partial charge >= 0.3 is 0 Å². The number of hydrogen-bond acceptors (Lipinski definition) is 2. The Balaban J connectivity index is 2.01. The van der Waals surface area contributed by atoms with Gasteiger partial charge in [0.25, 0.3) is 0 Å². The van der Waals surface area contributed by atoms with Crippen LogP contribution in [0.3, 0.4) is 0 Å². The van der Waals surface area contributed by atoms with Crippen LogP contribution in [0.25, 0.3) is 5.57 Å². The molecule has 0 aromatic heterocycles. The van der Waals surface area contributed by atoms with Crippen LogP contribution in [0, 0.1) is 0 Å². The maximum absolute atomic E-state index is 12.8. The van der Waals surface area contributed by atoms with E-state index in [1.54, 1.807) is 0 Å². The molecule has 0 bridgehead atoms. The average Bonchev–Trinajstić information content (AvgIpc) is 2.85. The smallest absolute Gasteiger partial charge is 0.173 e. The molecule has 2 aromatic rings. The number of halogens is 1. The molecule has 0 amide bonds. The highest BCUT2D eigenvalue weighted by atomic mass is 35.5. The number of carbonyl (C=O) groups is 1. The molecule has 1 N–H and O–H groups in total. The summed E-state index contributed by atoms with van der Waals surface area (Å²) in [6, 6.07) is 17.4. The number of ketones is 1. The van der Waals surface area contributed by atoms with Gasteiger partial charge in [-0.1, -0.05) is 54.1 Å². The molecule has 1 unspecified atom stereocenters.